The van der Waals surface area contributed by atoms with Crippen molar-refractivity contribution in [2.24, 2.45) is 0 Å². The third-order valence-corrected chi connectivity index (χ3v) is 4.18. The van der Waals surface area contributed by atoms with Gasteiger partial charge >= 0.3 is 0 Å². The number of aliphatic hydroxyl groups is 5. The number of aliphatic hydroxyl groups excluding tert-OH is 5. The molecular weight excluding hydrogens is 304 g/mol. The average Bonchev–Trinajstić information content (AvgIpc) is 2.52. The van der Waals surface area contributed by atoms with Crippen LogP contribution in [0, 0.1) is 0 Å². The third kappa shape index (κ3) is 3.82. The van der Waals surface area contributed by atoms with Gasteiger partial charge in [0.1, 0.15) is 36.3 Å². The third-order valence-electron chi connectivity index (χ3n) is 4.18. The predicted molar refractivity (Wildman–Crippen MR) is 80.8 cm³/mol. The molecule has 1 aromatic rings. The van der Waals surface area contributed by atoms with E-state index in [-0.39, 0.29) is 11.3 Å². The Labute approximate surface area is 134 Å². The standard InChI is InChI=1S/C16H24O7/c1-8(18)5-6-9-3-2-4-10(12(9)19)16-15(22)14(21)13(20)11(7-17)23-16/h2-4,8,11,13-22H,5-7H2,1H3/t8?,11-,13-,14+,15-,16?/m1/s1. The maximum Gasteiger partial charge on any atom is 0.124 e. The van der Waals surface area contributed by atoms with Gasteiger partial charge in [-0.2, -0.15) is 0 Å². The Morgan fingerprint density at radius 2 is 1.83 bits per heavy atom. The van der Waals surface area contributed by atoms with Crippen LogP contribution in [-0.2, 0) is 11.2 Å². The molecule has 2 unspecified atom stereocenters. The molecule has 7 heteroatoms. The summed E-state index contributed by atoms with van der Waals surface area (Å²) < 4.78 is 5.46. The fourth-order valence-corrected chi connectivity index (χ4v) is 2.77. The zero-order valence-electron chi connectivity index (χ0n) is 12.9. The maximum atomic E-state index is 10.4. The Morgan fingerprint density at radius 1 is 1.13 bits per heavy atom. The van der Waals surface area contributed by atoms with Crippen LogP contribution in [0.25, 0.3) is 0 Å². The summed E-state index contributed by atoms with van der Waals surface area (Å²) in [4.78, 5) is 0. The number of phenols is 1. The van der Waals surface area contributed by atoms with Gasteiger partial charge in [0.05, 0.1) is 12.7 Å². The second-order valence-electron chi connectivity index (χ2n) is 5.99. The largest absolute Gasteiger partial charge is 0.507 e. The molecule has 2 rings (SSSR count). The van der Waals surface area contributed by atoms with Crippen molar-refractivity contribution in [1.82, 2.24) is 0 Å². The number of hydrogen-bond donors (Lipinski definition) is 6. The van der Waals surface area contributed by atoms with Crippen LogP contribution in [0.5, 0.6) is 5.75 Å². The molecule has 130 valence electrons. The second kappa shape index (κ2) is 7.57. The number of para-hydroxylation sites is 1. The van der Waals surface area contributed by atoms with Gasteiger partial charge in [-0.25, -0.2) is 0 Å². The van der Waals surface area contributed by atoms with Crippen molar-refractivity contribution in [3.05, 3.63) is 29.3 Å². The molecule has 1 aromatic carbocycles. The Hall–Kier alpha value is -1.22. The summed E-state index contributed by atoms with van der Waals surface area (Å²) in [6, 6.07) is 4.92. The van der Waals surface area contributed by atoms with E-state index < -0.39 is 43.2 Å². The summed E-state index contributed by atoms with van der Waals surface area (Å²) in [5, 5.41) is 58.8. The zero-order valence-corrected chi connectivity index (χ0v) is 12.9. The molecule has 0 aromatic heterocycles. The number of ether oxygens (including phenoxy) is 1. The van der Waals surface area contributed by atoms with Gasteiger partial charge in [0, 0.05) is 5.56 Å². The van der Waals surface area contributed by atoms with Crippen LogP contribution in [-0.4, -0.2) is 67.8 Å². The van der Waals surface area contributed by atoms with Crippen LogP contribution in [0.15, 0.2) is 18.2 Å². The fourth-order valence-electron chi connectivity index (χ4n) is 2.77. The number of aromatic hydroxyl groups is 1. The summed E-state index contributed by atoms with van der Waals surface area (Å²) in [5.74, 6) is -0.0857. The minimum Gasteiger partial charge on any atom is -0.507 e. The first-order chi connectivity index (χ1) is 10.9. The van der Waals surface area contributed by atoms with E-state index >= 15 is 0 Å². The van der Waals surface area contributed by atoms with Crippen molar-refractivity contribution in [2.75, 3.05) is 6.61 Å². The molecule has 1 aliphatic heterocycles. The number of benzene rings is 1. The molecule has 1 fully saturated rings. The molecule has 7 nitrogen and oxygen atoms in total. The average molecular weight is 328 g/mol. The quantitative estimate of drug-likeness (QED) is 0.418. The Kier molecular flexibility index (Phi) is 5.96. The van der Waals surface area contributed by atoms with E-state index in [1.165, 1.54) is 0 Å². The van der Waals surface area contributed by atoms with Gasteiger partial charge in [-0.05, 0) is 25.3 Å². The first kappa shape index (κ1) is 18.1. The maximum absolute atomic E-state index is 10.4. The van der Waals surface area contributed by atoms with E-state index in [9.17, 15) is 30.6 Å². The molecule has 1 aliphatic rings. The van der Waals surface area contributed by atoms with E-state index in [4.69, 9.17) is 4.74 Å². The highest BCUT2D eigenvalue weighted by atomic mass is 16.5. The molecule has 6 N–H and O–H groups in total. The highest BCUT2D eigenvalue weighted by molar-refractivity contribution is 5.42. The molecule has 0 aliphatic carbocycles. The molecule has 0 amide bonds. The lowest BCUT2D eigenvalue weighted by Gasteiger charge is -2.40. The lowest BCUT2D eigenvalue weighted by Crippen LogP contribution is -2.55. The SMILES string of the molecule is CC(O)CCc1cccc(C2O[C@H](CO)[C@@H](O)[C@H](O)[C@H]2O)c1O. The topological polar surface area (TPSA) is 131 Å². The molecule has 23 heavy (non-hydrogen) atoms. The molecule has 1 saturated heterocycles. The normalized spacial score (nSPS) is 32.7. The number of phenolic OH excluding ortho intramolecular Hbond substituents is 1. The van der Waals surface area contributed by atoms with Gasteiger partial charge in [-0.1, -0.05) is 18.2 Å². The van der Waals surface area contributed by atoms with Crippen LogP contribution in [0.3, 0.4) is 0 Å². The zero-order chi connectivity index (χ0) is 17.1. The highest BCUT2D eigenvalue weighted by Gasteiger charge is 2.44. The molecule has 6 atom stereocenters. The van der Waals surface area contributed by atoms with Crippen LogP contribution >= 0.6 is 0 Å². The van der Waals surface area contributed by atoms with Gasteiger partial charge in [0.15, 0.2) is 0 Å². The Bertz CT molecular complexity index is 517. The lowest BCUT2D eigenvalue weighted by atomic mass is 9.89. The molecular formula is C16H24O7. The van der Waals surface area contributed by atoms with Gasteiger partial charge in [0.25, 0.3) is 0 Å². The lowest BCUT2D eigenvalue weighted by molar-refractivity contribution is -0.232. The monoisotopic (exact) mass is 328 g/mol. The molecule has 0 spiro atoms. The second-order valence-corrected chi connectivity index (χ2v) is 5.99. The van der Waals surface area contributed by atoms with Crippen LogP contribution < -0.4 is 0 Å². The Balaban J connectivity index is 2.28. The summed E-state index contributed by atoms with van der Waals surface area (Å²) in [5.41, 5.74) is 0.852. The van der Waals surface area contributed by atoms with E-state index in [2.05, 4.69) is 0 Å². The van der Waals surface area contributed by atoms with Crippen molar-refractivity contribution in [3.8, 4) is 5.75 Å². The molecule has 0 radical (unpaired) electrons. The van der Waals surface area contributed by atoms with Gasteiger partial charge in [0.2, 0.25) is 0 Å². The minimum absolute atomic E-state index is 0.0857. The van der Waals surface area contributed by atoms with E-state index in [1.54, 1.807) is 25.1 Å². The first-order valence-electron chi connectivity index (χ1n) is 7.66. The Morgan fingerprint density at radius 3 is 2.43 bits per heavy atom. The van der Waals surface area contributed by atoms with Gasteiger partial charge < -0.3 is 35.4 Å². The first-order valence-corrected chi connectivity index (χ1v) is 7.66. The number of rotatable bonds is 5. The number of aryl methyl sites for hydroxylation is 1. The van der Waals surface area contributed by atoms with Crippen molar-refractivity contribution in [3.63, 3.8) is 0 Å². The van der Waals surface area contributed by atoms with Crippen molar-refractivity contribution < 1.29 is 35.4 Å². The predicted octanol–water partition coefficient (Wildman–Crippen LogP) is -0.780. The van der Waals surface area contributed by atoms with Crippen molar-refractivity contribution in [2.45, 2.75) is 56.4 Å². The number of hydrogen-bond acceptors (Lipinski definition) is 7. The van der Waals surface area contributed by atoms with E-state index in [1.807, 2.05) is 0 Å². The summed E-state index contributed by atoms with van der Waals surface area (Å²) in [7, 11) is 0. The fraction of sp³-hybridized carbons (Fsp3) is 0.625. The van der Waals surface area contributed by atoms with Crippen LogP contribution in [0.1, 0.15) is 30.6 Å². The smallest absolute Gasteiger partial charge is 0.124 e. The molecule has 0 saturated carbocycles. The molecule has 0 bridgehead atoms. The summed E-state index contributed by atoms with van der Waals surface area (Å²) in [6.07, 6.45) is -6.08. The van der Waals surface area contributed by atoms with Crippen LogP contribution in [0.4, 0.5) is 0 Å². The van der Waals surface area contributed by atoms with Crippen molar-refractivity contribution in [1.29, 1.82) is 0 Å². The minimum atomic E-state index is -1.49. The van der Waals surface area contributed by atoms with E-state index in [0.717, 1.165) is 0 Å². The van der Waals surface area contributed by atoms with Crippen molar-refractivity contribution >= 4 is 0 Å². The van der Waals surface area contributed by atoms with Gasteiger partial charge in [-0.15, -0.1) is 0 Å². The summed E-state index contributed by atoms with van der Waals surface area (Å²) in [6.45, 7) is 1.13. The highest BCUT2D eigenvalue weighted by Crippen LogP contribution is 2.38. The van der Waals surface area contributed by atoms with Crippen LogP contribution in [0.2, 0.25) is 0 Å². The summed E-state index contributed by atoms with van der Waals surface area (Å²) >= 11 is 0. The van der Waals surface area contributed by atoms with E-state index in [0.29, 0.717) is 18.4 Å². The molecule has 1 heterocycles. The van der Waals surface area contributed by atoms with Gasteiger partial charge in [-0.3, -0.25) is 0 Å².